The number of amides is 1. The minimum atomic E-state index is -1.72. The number of aliphatic carboxylic acids is 1. The van der Waals surface area contributed by atoms with Gasteiger partial charge >= 0.3 is 11.9 Å². The summed E-state index contributed by atoms with van der Waals surface area (Å²) in [4.78, 5) is 38.2. The predicted molar refractivity (Wildman–Crippen MR) is 122 cm³/mol. The van der Waals surface area contributed by atoms with E-state index >= 15 is 0 Å². The molecular weight excluding hydrogens is 478 g/mol. The molecule has 192 valence electrons. The first-order valence-corrected chi connectivity index (χ1v) is 10.5. The highest BCUT2D eigenvalue weighted by Gasteiger charge is 2.44. The van der Waals surface area contributed by atoms with Crippen molar-refractivity contribution in [3.05, 3.63) is 47.9 Å². The third kappa shape index (κ3) is 6.13. The predicted octanol–water partition coefficient (Wildman–Crippen LogP) is -2.12. The zero-order valence-corrected chi connectivity index (χ0v) is 18.9. The van der Waals surface area contributed by atoms with Gasteiger partial charge < -0.3 is 41.9 Å². The number of aliphatic hydroxyl groups is 2. The van der Waals surface area contributed by atoms with Crippen LogP contribution in [0, 0.1) is 0 Å². The Hall–Kier alpha value is -4.50. The molecule has 2 aromatic rings. The third-order valence-electron chi connectivity index (χ3n) is 5.26. The summed E-state index contributed by atoms with van der Waals surface area (Å²) < 4.78 is 6.62. The molecule has 9 N–H and O–H groups in total. The molecule has 0 spiro atoms. The number of benzene rings is 1. The maximum atomic E-state index is 11.8. The Morgan fingerprint density at radius 2 is 1.83 bits per heavy atom. The van der Waals surface area contributed by atoms with Gasteiger partial charge in [-0.3, -0.25) is 4.79 Å². The van der Waals surface area contributed by atoms with Crippen LogP contribution in [0.25, 0.3) is 11.3 Å². The van der Waals surface area contributed by atoms with Crippen LogP contribution in [0.15, 0.2) is 47.3 Å². The van der Waals surface area contributed by atoms with Crippen LogP contribution in [0.4, 0.5) is 0 Å². The van der Waals surface area contributed by atoms with Crippen molar-refractivity contribution < 1.29 is 39.5 Å². The molecule has 1 aliphatic rings. The minimum absolute atomic E-state index is 0.0969. The Labute approximate surface area is 203 Å². The first kappa shape index (κ1) is 26.1. The summed E-state index contributed by atoms with van der Waals surface area (Å²) in [5.74, 6) is -4.04. The second-order valence-corrected chi connectivity index (χ2v) is 7.96. The molecule has 0 saturated carbocycles. The quantitative estimate of drug-likeness (QED) is 0.143. The molecule has 2 heterocycles. The second-order valence-electron chi connectivity index (χ2n) is 7.96. The van der Waals surface area contributed by atoms with E-state index in [4.69, 9.17) is 21.3 Å². The summed E-state index contributed by atoms with van der Waals surface area (Å²) in [6, 6.07) is 3.67. The summed E-state index contributed by atoms with van der Waals surface area (Å²) in [5, 5.41) is 50.4. The first-order valence-electron chi connectivity index (χ1n) is 10.5. The second kappa shape index (κ2) is 10.8. The molecule has 3 rings (SSSR count). The number of aromatic carboxylic acids is 1. The molecule has 0 aliphatic carbocycles. The Kier molecular flexibility index (Phi) is 7.86. The molecule has 5 atom stereocenters. The number of carboxylic acids is 2. The summed E-state index contributed by atoms with van der Waals surface area (Å²) in [6.45, 7) is 0.913. The van der Waals surface area contributed by atoms with E-state index in [-0.39, 0.29) is 12.1 Å². The van der Waals surface area contributed by atoms with Crippen molar-refractivity contribution in [3.63, 3.8) is 0 Å². The van der Waals surface area contributed by atoms with Crippen molar-refractivity contribution in [3.8, 4) is 11.3 Å². The largest absolute Gasteiger partial charge is 0.478 e. The lowest BCUT2D eigenvalue weighted by Gasteiger charge is -2.38. The molecule has 1 aromatic heterocycles. The number of nitrogens with two attached hydrogens (primary N) is 2. The molecule has 1 aliphatic heterocycles. The van der Waals surface area contributed by atoms with E-state index in [2.05, 4.69) is 20.6 Å². The fraction of sp³-hybridized carbons (Fsp3) is 0.333. The van der Waals surface area contributed by atoms with Gasteiger partial charge in [-0.05, 0) is 18.2 Å². The Morgan fingerprint density at radius 3 is 2.39 bits per heavy atom. The number of carboxylic acid groups (broad SMARTS) is 2. The zero-order chi connectivity index (χ0) is 26.6. The van der Waals surface area contributed by atoms with Gasteiger partial charge in [0, 0.05) is 12.5 Å². The molecule has 1 amide bonds. The minimum Gasteiger partial charge on any atom is -0.478 e. The SMILES string of the molecule is CC(=O)N[C@H]1[C@H]([C@H](O)[C@H](O)Cn2cc(-c3ccc(C(=O)O)cc3)nn2)OC(C(=O)O)=C[C@@H]1N=C(N)N. The Morgan fingerprint density at radius 1 is 1.17 bits per heavy atom. The van der Waals surface area contributed by atoms with Gasteiger partial charge in [0.2, 0.25) is 11.7 Å². The van der Waals surface area contributed by atoms with Crippen LogP contribution < -0.4 is 16.8 Å². The molecule has 1 aromatic carbocycles. The van der Waals surface area contributed by atoms with E-state index in [1.165, 1.54) is 29.9 Å². The number of aromatic nitrogens is 3. The van der Waals surface area contributed by atoms with Crippen molar-refractivity contribution in [2.45, 2.75) is 43.9 Å². The van der Waals surface area contributed by atoms with Gasteiger partial charge in [0.25, 0.3) is 0 Å². The van der Waals surface area contributed by atoms with Crippen molar-refractivity contribution in [1.82, 2.24) is 20.3 Å². The summed E-state index contributed by atoms with van der Waals surface area (Å²) >= 11 is 0. The van der Waals surface area contributed by atoms with Gasteiger partial charge in [-0.1, -0.05) is 17.3 Å². The van der Waals surface area contributed by atoms with E-state index in [0.717, 1.165) is 6.08 Å². The highest BCUT2D eigenvalue weighted by Crippen LogP contribution is 2.25. The molecule has 0 fully saturated rings. The van der Waals surface area contributed by atoms with Crippen LogP contribution in [0.3, 0.4) is 0 Å². The van der Waals surface area contributed by atoms with Crippen LogP contribution in [0.5, 0.6) is 0 Å². The third-order valence-corrected chi connectivity index (χ3v) is 5.26. The lowest BCUT2D eigenvalue weighted by Crippen LogP contribution is -2.59. The fourth-order valence-corrected chi connectivity index (χ4v) is 3.63. The molecule has 15 nitrogen and oxygen atoms in total. The van der Waals surface area contributed by atoms with Crippen LogP contribution in [0.2, 0.25) is 0 Å². The summed E-state index contributed by atoms with van der Waals surface area (Å²) in [5.41, 5.74) is 11.9. The van der Waals surface area contributed by atoms with Gasteiger partial charge in [0.1, 0.15) is 24.0 Å². The van der Waals surface area contributed by atoms with Crippen LogP contribution in [-0.2, 0) is 20.9 Å². The average molecular weight is 503 g/mol. The van der Waals surface area contributed by atoms with E-state index < -0.39 is 60.0 Å². The highest BCUT2D eigenvalue weighted by atomic mass is 16.5. The number of guanidine groups is 1. The number of rotatable bonds is 9. The van der Waals surface area contributed by atoms with Gasteiger partial charge in [0.05, 0.1) is 30.4 Å². The molecule has 0 bridgehead atoms. The maximum absolute atomic E-state index is 11.8. The fourth-order valence-electron chi connectivity index (χ4n) is 3.63. The van der Waals surface area contributed by atoms with Gasteiger partial charge in [-0.25, -0.2) is 19.3 Å². The van der Waals surface area contributed by atoms with Crippen molar-refractivity contribution in [1.29, 1.82) is 0 Å². The van der Waals surface area contributed by atoms with Crippen LogP contribution in [-0.4, -0.2) is 89.6 Å². The molecule has 15 heteroatoms. The number of aliphatic hydroxyl groups excluding tert-OH is 2. The van der Waals surface area contributed by atoms with Gasteiger partial charge in [-0.15, -0.1) is 5.10 Å². The maximum Gasteiger partial charge on any atom is 0.370 e. The number of hydrogen-bond acceptors (Lipinski definition) is 9. The average Bonchev–Trinajstić information content (AvgIpc) is 3.27. The highest BCUT2D eigenvalue weighted by molar-refractivity contribution is 5.88. The number of carbonyl (C=O) groups excluding carboxylic acids is 1. The van der Waals surface area contributed by atoms with Crippen LogP contribution >= 0.6 is 0 Å². The van der Waals surface area contributed by atoms with E-state index in [0.29, 0.717) is 11.3 Å². The van der Waals surface area contributed by atoms with E-state index in [1.54, 1.807) is 12.1 Å². The molecule has 36 heavy (non-hydrogen) atoms. The van der Waals surface area contributed by atoms with Gasteiger partial charge in [-0.2, -0.15) is 0 Å². The molecule has 0 saturated heterocycles. The normalized spacial score (nSPS) is 20.9. The number of ether oxygens (including phenoxy) is 1. The van der Waals surface area contributed by atoms with Crippen molar-refractivity contribution >= 4 is 23.8 Å². The lowest BCUT2D eigenvalue weighted by molar-refractivity contribution is -0.145. The van der Waals surface area contributed by atoms with Crippen molar-refractivity contribution in [2.75, 3.05) is 0 Å². The monoisotopic (exact) mass is 503 g/mol. The lowest BCUT2D eigenvalue weighted by atomic mass is 9.92. The van der Waals surface area contributed by atoms with E-state index in [1.807, 2.05) is 0 Å². The number of aliphatic imine (C=N–C) groups is 1. The first-order chi connectivity index (χ1) is 17.0. The van der Waals surface area contributed by atoms with Crippen LogP contribution in [0.1, 0.15) is 17.3 Å². The number of nitrogens with zero attached hydrogens (tertiary/aromatic N) is 4. The number of hydrogen-bond donors (Lipinski definition) is 7. The smallest absolute Gasteiger partial charge is 0.370 e. The molecule has 0 radical (unpaired) electrons. The summed E-state index contributed by atoms with van der Waals surface area (Å²) in [7, 11) is 0. The zero-order valence-electron chi connectivity index (χ0n) is 18.9. The number of nitrogens with one attached hydrogen (secondary N) is 1. The Bertz CT molecular complexity index is 1190. The molecular formula is C21H25N7O8. The number of carbonyl (C=O) groups is 3. The van der Waals surface area contributed by atoms with Crippen molar-refractivity contribution in [2.24, 2.45) is 16.5 Å². The standard InChI is InChI=1S/C21H25N7O8/c1-9(29)24-16-12(25-21(22)23)6-15(20(34)35)36-18(16)17(31)14(30)8-28-7-13(26-27-28)10-2-4-11(5-3-10)19(32)33/h2-7,12,14,16-18,30-31H,8H2,1H3,(H,24,29)(H,32,33)(H,34,35)(H4,22,23,25)/t12-,14+,16+,17+,18+/m0/s1. The molecule has 0 unspecified atom stereocenters. The summed E-state index contributed by atoms with van der Waals surface area (Å²) in [6.07, 6.45) is -2.17. The van der Waals surface area contributed by atoms with E-state index in [9.17, 15) is 29.7 Å². The Balaban J connectivity index is 1.81. The van der Waals surface area contributed by atoms with Gasteiger partial charge in [0.15, 0.2) is 5.96 Å². The topological polar surface area (TPSA) is 248 Å².